The number of Topliss-reactive ketones (excluding diaryl/α,β-unsaturated/α-hetero) is 1. The third-order valence-corrected chi connectivity index (χ3v) is 2.95. The van der Waals surface area contributed by atoms with Gasteiger partial charge in [0.25, 0.3) is 0 Å². The van der Waals surface area contributed by atoms with Crippen molar-refractivity contribution in [3.8, 4) is 0 Å². The molecule has 2 rings (SSSR count). The van der Waals surface area contributed by atoms with E-state index >= 15 is 0 Å². The zero-order valence-electron chi connectivity index (χ0n) is 9.57. The van der Waals surface area contributed by atoms with Gasteiger partial charge in [-0.15, -0.1) is 0 Å². The van der Waals surface area contributed by atoms with E-state index in [0.717, 1.165) is 30.9 Å². The monoisotopic (exact) mass is 205 g/mol. The first-order chi connectivity index (χ1) is 7.16. The Morgan fingerprint density at radius 2 is 2.27 bits per heavy atom. The van der Waals surface area contributed by atoms with Crippen LogP contribution in [-0.4, -0.2) is 10.4 Å². The Kier molecular flexibility index (Phi) is 2.94. The van der Waals surface area contributed by atoms with Gasteiger partial charge < -0.3 is 4.57 Å². The summed E-state index contributed by atoms with van der Waals surface area (Å²) in [6, 6.07) is 1.96. The van der Waals surface area contributed by atoms with E-state index in [1.165, 1.54) is 6.42 Å². The van der Waals surface area contributed by atoms with Crippen LogP contribution in [-0.2, 0) is 6.54 Å². The van der Waals surface area contributed by atoms with Crippen molar-refractivity contribution in [2.75, 3.05) is 0 Å². The summed E-state index contributed by atoms with van der Waals surface area (Å²) in [5, 5.41) is 0. The van der Waals surface area contributed by atoms with Crippen LogP contribution in [0.3, 0.4) is 0 Å². The van der Waals surface area contributed by atoms with Gasteiger partial charge in [-0.1, -0.05) is 13.8 Å². The van der Waals surface area contributed by atoms with Crippen LogP contribution < -0.4 is 0 Å². The molecule has 0 saturated heterocycles. The summed E-state index contributed by atoms with van der Waals surface area (Å²) in [6.45, 7) is 5.47. The average Bonchev–Trinajstić information content (AvgIpc) is 2.93. The molecule has 15 heavy (non-hydrogen) atoms. The third kappa shape index (κ3) is 2.71. The Labute approximate surface area is 91.3 Å². The van der Waals surface area contributed by atoms with Gasteiger partial charge in [0.1, 0.15) is 0 Å². The number of aryl methyl sites for hydroxylation is 1. The topological polar surface area (TPSA) is 22.0 Å². The number of carbonyl (C=O) groups is 1. The Hall–Kier alpha value is -1.05. The van der Waals surface area contributed by atoms with Crippen LogP contribution in [0, 0.1) is 11.8 Å². The van der Waals surface area contributed by atoms with Gasteiger partial charge in [0.05, 0.1) is 0 Å². The number of nitrogens with zero attached hydrogens (tertiary/aromatic N) is 1. The molecule has 1 aromatic heterocycles. The van der Waals surface area contributed by atoms with Gasteiger partial charge in [-0.05, 0) is 31.2 Å². The van der Waals surface area contributed by atoms with Gasteiger partial charge in [0.2, 0.25) is 0 Å². The molecule has 0 N–H and O–H groups in total. The molecule has 82 valence electrons. The highest BCUT2D eigenvalue weighted by Gasteiger charge is 2.30. The molecule has 2 heteroatoms. The van der Waals surface area contributed by atoms with Crippen molar-refractivity contribution in [1.29, 1.82) is 0 Å². The van der Waals surface area contributed by atoms with E-state index < -0.39 is 0 Å². The number of hydrogen-bond acceptors (Lipinski definition) is 1. The lowest BCUT2D eigenvalue weighted by Gasteiger charge is -2.05. The molecule has 0 bridgehead atoms. The van der Waals surface area contributed by atoms with Crippen LogP contribution in [0.5, 0.6) is 0 Å². The van der Waals surface area contributed by atoms with E-state index in [0.29, 0.717) is 11.7 Å². The largest absolute Gasteiger partial charge is 0.353 e. The van der Waals surface area contributed by atoms with Crippen LogP contribution >= 0.6 is 0 Å². The summed E-state index contributed by atoms with van der Waals surface area (Å²) in [6.07, 6.45) is 7.39. The van der Waals surface area contributed by atoms with Gasteiger partial charge in [0.15, 0.2) is 5.78 Å². The number of aromatic nitrogens is 1. The highest BCUT2D eigenvalue weighted by molar-refractivity contribution is 5.99. The van der Waals surface area contributed by atoms with Crippen molar-refractivity contribution in [2.45, 2.75) is 39.7 Å². The summed E-state index contributed by atoms with van der Waals surface area (Å²) in [4.78, 5) is 11.7. The Balaban J connectivity index is 1.94. The molecular formula is C13H19NO. The van der Waals surface area contributed by atoms with Gasteiger partial charge >= 0.3 is 0 Å². The Morgan fingerprint density at radius 3 is 2.87 bits per heavy atom. The lowest BCUT2D eigenvalue weighted by molar-refractivity contribution is 0.0967. The van der Waals surface area contributed by atoms with E-state index in [9.17, 15) is 4.79 Å². The summed E-state index contributed by atoms with van der Waals surface area (Å²) in [5.74, 6) is 1.40. The standard InChI is InChI=1S/C13H19NO/c1-10(2)5-7-14-8-6-12(9-14)13(15)11-3-4-11/h6,8-11H,3-5,7H2,1-2H3. The van der Waals surface area contributed by atoms with E-state index in [1.807, 2.05) is 18.5 Å². The Bertz CT molecular complexity index is 347. The van der Waals surface area contributed by atoms with Crippen molar-refractivity contribution in [3.05, 3.63) is 24.0 Å². The van der Waals surface area contributed by atoms with E-state index in [2.05, 4.69) is 18.4 Å². The minimum absolute atomic E-state index is 0.339. The molecule has 1 saturated carbocycles. The zero-order chi connectivity index (χ0) is 10.8. The highest BCUT2D eigenvalue weighted by Crippen LogP contribution is 2.32. The second kappa shape index (κ2) is 4.21. The number of carbonyl (C=O) groups excluding carboxylic acids is 1. The van der Waals surface area contributed by atoms with Crippen molar-refractivity contribution in [2.24, 2.45) is 11.8 Å². The molecule has 0 aliphatic heterocycles. The fourth-order valence-electron chi connectivity index (χ4n) is 1.71. The van der Waals surface area contributed by atoms with E-state index in [1.54, 1.807) is 0 Å². The van der Waals surface area contributed by atoms with Gasteiger partial charge in [0, 0.05) is 30.4 Å². The van der Waals surface area contributed by atoms with Crippen molar-refractivity contribution < 1.29 is 4.79 Å². The molecule has 0 spiro atoms. The SMILES string of the molecule is CC(C)CCn1ccc(C(=O)C2CC2)c1. The number of hydrogen-bond donors (Lipinski definition) is 0. The van der Waals surface area contributed by atoms with Crippen LogP contribution in [0.1, 0.15) is 43.5 Å². The fraction of sp³-hybridized carbons (Fsp3) is 0.615. The second-order valence-corrected chi connectivity index (χ2v) is 4.96. The van der Waals surface area contributed by atoms with Gasteiger partial charge in [-0.2, -0.15) is 0 Å². The van der Waals surface area contributed by atoms with Gasteiger partial charge in [-0.25, -0.2) is 0 Å². The second-order valence-electron chi connectivity index (χ2n) is 4.96. The molecule has 0 amide bonds. The number of ketones is 1. The summed E-state index contributed by atoms with van der Waals surface area (Å²) < 4.78 is 2.13. The Morgan fingerprint density at radius 1 is 1.53 bits per heavy atom. The van der Waals surface area contributed by atoms with Crippen molar-refractivity contribution >= 4 is 5.78 Å². The molecule has 0 unspecified atom stereocenters. The lowest BCUT2D eigenvalue weighted by atomic mass is 10.1. The molecule has 0 aromatic carbocycles. The molecule has 0 radical (unpaired) electrons. The normalized spacial score (nSPS) is 15.9. The molecule has 2 nitrogen and oxygen atoms in total. The lowest BCUT2D eigenvalue weighted by Crippen LogP contribution is -2.01. The number of rotatable bonds is 5. The third-order valence-electron chi connectivity index (χ3n) is 2.95. The molecule has 1 fully saturated rings. The summed E-state index contributed by atoms with van der Waals surface area (Å²) in [7, 11) is 0. The molecule has 1 aliphatic rings. The van der Waals surface area contributed by atoms with Gasteiger partial charge in [-0.3, -0.25) is 4.79 Å². The predicted molar refractivity (Wildman–Crippen MR) is 60.9 cm³/mol. The minimum Gasteiger partial charge on any atom is -0.353 e. The van der Waals surface area contributed by atoms with Crippen LogP contribution in [0.25, 0.3) is 0 Å². The first-order valence-corrected chi connectivity index (χ1v) is 5.87. The van der Waals surface area contributed by atoms with Crippen LogP contribution in [0.2, 0.25) is 0 Å². The average molecular weight is 205 g/mol. The van der Waals surface area contributed by atoms with Crippen molar-refractivity contribution in [3.63, 3.8) is 0 Å². The highest BCUT2D eigenvalue weighted by atomic mass is 16.1. The first-order valence-electron chi connectivity index (χ1n) is 5.87. The van der Waals surface area contributed by atoms with E-state index in [4.69, 9.17) is 0 Å². The van der Waals surface area contributed by atoms with Crippen molar-refractivity contribution in [1.82, 2.24) is 4.57 Å². The quantitative estimate of drug-likeness (QED) is 0.677. The predicted octanol–water partition coefficient (Wildman–Crippen LogP) is 3.13. The smallest absolute Gasteiger partial charge is 0.167 e. The molecule has 1 aromatic rings. The minimum atomic E-state index is 0.339. The zero-order valence-corrected chi connectivity index (χ0v) is 9.57. The maximum Gasteiger partial charge on any atom is 0.167 e. The molecular weight excluding hydrogens is 186 g/mol. The van der Waals surface area contributed by atoms with E-state index in [-0.39, 0.29) is 0 Å². The maximum absolute atomic E-state index is 11.7. The first kappa shape index (κ1) is 10.5. The maximum atomic E-state index is 11.7. The molecule has 0 atom stereocenters. The van der Waals surface area contributed by atoms with Crippen LogP contribution in [0.4, 0.5) is 0 Å². The summed E-state index contributed by atoms with van der Waals surface area (Å²) >= 11 is 0. The van der Waals surface area contributed by atoms with Crippen LogP contribution in [0.15, 0.2) is 18.5 Å². The molecule has 1 aliphatic carbocycles. The fourth-order valence-corrected chi connectivity index (χ4v) is 1.71. The molecule has 1 heterocycles. The summed E-state index contributed by atoms with van der Waals surface area (Å²) in [5.41, 5.74) is 0.904.